The molecule has 1 fully saturated rings. The number of amides is 1. The Bertz CT molecular complexity index is 837. The van der Waals surface area contributed by atoms with Crippen molar-refractivity contribution in [1.29, 1.82) is 0 Å². The van der Waals surface area contributed by atoms with Crippen molar-refractivity contribution in [3.05, 3.63) is 24.3 Å². The maximum absolute atomic E-state index is 12.2. The number of carbonyl (C=O) groups excluding carboxylic acids is 1. The number of aromatic nitrogens is 2. The first-order chi connectivity index (χ1) is 12.0. The SMILES string of the molecule is CCS(=O)(=O)c1ccc(-c2nnc(NC(=O)C3CCCCC3)o2)cc1. The number of nitrogens with zero attached hydrogens (tertiary/aromatic N) is 2. The fourth-order valence-electron chi connectivity index (χ4n) is 2.93. The zero-order valence-corrected chi connectivity index (χ0v) is 14.9. The second-order valence-corrected chi connectivity index (χ2v) is 8.44. The lowest BCUT2D eigenvalue weighted by Crippen LogP contribution is -2.24. The Kier molecular flexibility index (Phi) is 5.17. The minimum absolute atomic E-state index is 0.00244. The molecule has 0 saturated heterocycles. The van der Waals surface area contributed by atoms with Gasteiger partial charge in [0.1, 0.15) is 0 Å². The largest absolute Gasteiger partial charge is 0.403 e. The van der Waals surface area contributed by atoms with Crippen molar-refractivity contribution < 1.29 is 17.6 Å². The summed E-state index contributed by atoms with van der Waals surface area (Å²) < 4.78 is 29.1. The number of hydrogen-bond donors (Lipinski definition) is 1. The average Bonchev–Trinajstić information content (AvgIpc) is 3.11. The molecule has 25 heavy (non-hydrogen) atoms. The third kappa shape index (κ3) is 4.07. The summed E-state index contributed by atoms with van der Waals surface area (Å²) in [6, 6.07) is 6.32. The fourth-order valence-corrected chi connectivity index (χ4v) is 3.82. The van der Waals surface area contributed by atoms with Gasteiger partial charge in [-0.3, -0.25) is 10.1 Å². The summed E-state index contributed by atoms with van der Waals surface area (Å²) in [4.78, 5) is 12.4. The van der Waals surface area contributed by atoms with Crippen molar-refractivity contribution >= 4 is 21.8 Å². The van der Waals surface area contributed by atoms with Gasteiger partial charge in [0.15, 0.2) is 9.84 Å². The highest BCUT2D eigenvalue weighted by Gasteiger charge is 2.23. The topological polar surface area (TPSA) is 102 Å². The summed E-state index contributed by atoms with van der Waals surface area (Å²) in [7, 11) is -3.24. The summed E-state index contributed by atoms with van der Waals surface area (Å²) in [5, 5.41) is 10.4. The number of hydrogen-bond acceptors (Lipinski definition) is 6. The van der Waals surface area contributed by atoms with E-state index in [1.54, 1.807) is 19.1 Å². The number of carbonyl (C=O) groups is 1. The molecule has 0 unspecified atom stereocenters. The van der Waals surface area contributed by atoms with Gasteiger partial charge in [-0.2, -0.15) is 0 Å². The molecule has 1 aromatic heterocycles. The number of sulfone groups is 1. The van der Waals surface area contributed by atoms with E-state index in [1.165, 1.54) is 18.6 Å². The average molecular weight is 363 g/mol. The maximum Gasteiger partial charge on any atom is 0.322 e. The van der Waals surface area contributed by atoms with Crippen LogP contribution in [0.5, 0.6) is 0 Å². The van der Waals surface area contributed by atoms with Gasteiger partial charge >= 0.3 is 6.01 Å². The Balaban J connectivity index is 1.69. The van der Waals surface area contributed by atoms with Gasteiger partial charge in [-0.25, -0.2) is 8.42 Å². The van der Waals surface area contributed by atoms with Crippen LogP contribution >= 0.6 is 0 Å². The highest BCUT2D eigenvalue weighted by molar-refractivity contribution is 7.91. The van der Waals surface area contributed by atoms with Crippen LogP contribution in [0.25, 0.3) is 11.5 Å². The standard InChI is InChI=1S/C17H21N3O4S/c1-2-25(22,23)14-10-8-13(9-11-14)16-19-20-17(24-16)18-15(21)12-6-4-3-5-7-12/h8-12H,2-7H2,1H3,(H,18,20,21). The molecule has 1 aliphatic rings. The van der Waals surface area contributed by atoms with Crippen LogP contribution in [0.3, 0.4) is 0 Å². The lowest BCUT2D eigenvalue weighted by molar-refractivity contribution is -0.120. The molecule has 1 N–H and O–H groups in total. The Labute approximate surface area is 146 Å². The maximum atomic E-state index is 12.2. The van der Waals surface area contributed by atoms with E-state index in [0.29, 0.717) is 5.56 Å². The Morgan fingerprint density at radius 3 is 2.48 bits per heavy atom. The van der Waals surface area contributed by atoms with Crippen LogP contribution in [0.2, 0.25) is 0 Å². The van der Waals surface area contributed by atoms with E-state index >= 15 is 0 Å². The van der Waals surface area contributed by atoms with Crippen LogP contribution < -0.4 is 5.32 Å². The molecule has 8 heteroatoms. The number of anilines is 1. The minimum atomic E-state index is -3.24. The highest BCUT2D eigenvalue weighted by Crippen LogP contribution is 2.26. The van der Waals surface area contributed by atoms with Crippen molar-refractivity contribution in [2.75, 3.05) is 11.1 Å². The Hall–Kier alpha value is -2.22. The van der Waals surface area contributed by atoms with E-state index in [2.05, 4.69) is 15.5 Å². The van der Waals surface area contributed by atoms with Gasteiger partial charge in [-0.05, 0) is 37.1 Å². The van der Waals surface area contributed by atoms with Gasteiger partial charge in [-0.15, -0.1) is 5.10 Å². The van der Waals surface area contributed by atoms with Crippen molar-refractivity contribution in [3.8, 4) is 11.5 Å². The van der Waals surface area contributed by atoms with Gasteiger partial charge in [0.2, 0.25) is 11.8 Å². The van der Waals surface area contributed by atoms with Crippen molar-refractivity contribution in [2.24, 2.45) is 5.92 Å². The van der Waals surface area contributed by atoms with E-state index in [1.807, 2.05) is 0 Å². The van der Waals surface area contributed by atoms with Gasteiger partial charge in [0.05, 0.1) is 10.6 Å². The molecule has 1 amide bonds. The molecule has 0 aliphatic heterocycles. The van der Waals surface area contributed by atoms with Crippen LogP contribution in [-0.4, -0.2) is 30.3 Å². The number of rotatable bonds is 5. The van der Waals surface area contributed by atoms with Crippen LogP contribution in [-0.2, 0) is 14.6 Å². The third-order valence-electron chi connectivity index (χ3n) is 4.47. The molecular weight excluding hydrogens is 342 g/mol. The molecule has 0 atom stereocenters. The van der Waals surface area contributed by atoms with Crippen LogP contribution in [0.1, 0.15) is 39.0 Å². The molecular formula is C17H21N3O4S. The molecule has 0 bridgehead atoms. The predicted octanol–water partition coefficient (Wildman–Crippen LogP) is 3.05. The van der Waals surface area contributed by atoms with Gasteiger partial charge in [0.25, 0.3) is 0 Å². The monoisotopic (exact) mass is 363 g/mol. The quantitative estimate of drug-likeness (QED) is 0.876. The molecule has 0 radical (unpaired) electrons. The normalized spacial score (nSPS) is 15.9. The second-order valence-electron chi connectivity index (χ2n) is 6.16. The highest BCUT2D eigenvalue weighted by atomic mass is 32.2. The fraction of sp³-hybridized carbons (Fsp3) is 0.471. The van der Waals surface area contributed by atoms with E-state index in [-0.39, 0.29) is 34.4 Å². The van der Waals surface area contributed by atoms with E-state index in [9.17, 15) is 13.2 Å². The summed E-state index contributed by atoms with van der Waals surface area (Å²) in [5.41, 5.74) is 0.598. The van der Waals surface area contributed by atoms with Gasteiger partial charge < -0.3 is 4.42 Å². The molecule has 2 aromatic rings. The molecule has 7 nitrogen and oxygen atoms in total. The van der Waals surface area contributed by atoms with E-state index in [0.717, 1.165) is 25.7 Å². The van der Waals surface area contributed by atoms with Crippen molar-refractivity contribution in [3.63, 3.8) is 0 Å². The lowest BCUT2D eigenvalue weighted by Gasteiger charge is -2.19. The zero-order chi connectivity index (χ0) is 17.9. The first-order valence-corrected chi connectivity index (χ1v) is 10.1. The van der Waals surface area contributed by atoms with Gasteiger partial charge in [-0.1, -0.05) is 31.3 Å². The summed E-state index contributed by atoms with van der Waals surface area (Å²) in [5.74, 6) is 0.200. The molecule has 3 rings (SSSR count). The van der Waals surface area contributed by atoms with E-state index < -0.39 is 9.84 Å². The Morgan fingerprint density at radius 1 is 1.16 bits per heavy atom. The molecule has 1 aromatic carbocycles. The van der Waals surface area contributed by atoms with Gasteiger partial charge in [0, 0.05) is 11.5 Å². The van der Waals surface area contributed by atoms with Crippen molar-refractivity contribution in [2.45, 2.75) is 43.9 Å². The number of benzene rings is 1. The van der Waals surface area contributed by atoms with Crippen LogP contribution in [0.15, 0.2) is 33.6 Å². The molecule has 1 saturated carbocycles. The zero-order valence-electron chi connectivity index (χ0n) is 14.1. The minimum Gasteiger partial charge on any atom is -0.403 e. The van der Waals surface area contributed by atoms with Crippen molar-refractivity contribution in [1.82, 2.24) is 10.2 Å². The first-order valence-electron chi connectivity index (χ1n) is 8.47. The summed E-state index contributed by atoms with van der Waals surface area (Å²) >= 11 is 0. The lowest BCUT2D eigenvalue weighted by atomic mass is 9.89. The molecule has 1 heterocycles. The molecule has 1 aliphatic carbocycles. The second kappa shape index (κ2) is 7.35. The van der Waals surface area contributed by atoms with E-state index in [4.69, 9.17) is 4.42 Å². The van der Waals surface area contributed by atoms with Crippen LogP contribution in [0.4, 0.5) is 6.01 Å². The summed E-state index contributed by atoms with van der Waals surface area (Å²) in [6.07, 6.45) is 5.10. The molecule has 0 spiro atoms. The summed E-state index contributed by atoms with van der Waals surface area (Å²) in [6.45, 7) is 1.60. The number of nitrogens with one attached hydrogen (secondary N) is 1. The van der Waals surface area contributed by atoms with Crippen LogP contribution in [0, 0.1) is 5.92 Å². The molecule has 134 valence electrons. The smallest absolute Gasteiger partial charge is 0.322 e. The Morgan fingerprint density at radius 2 is 1.84 bits per heavy atom. The first kappa shape index (κ1) is 17.6. The predicted molar refractivity (Wildman–Crippen MR) is 92.7 cm³/mol. The third-order valence-corrected chi connectivity index (χ3v) is 6.22.